The third kappa shape index (κ3) is 4.26. The highest BCUT2D eigenvalue weighted by atomic mass is 28.3. The number of aromatic nitrogens is 3. The molecule has 0 spiro atoms. The number of nitrogens with zero attached hydrogens (tertiary/aromatic N) is 3. The first-order chi connectivity index (χ1) is 16.0. The lowest BCUT2D eigenvalue weighted by atomic mass is 10.0. The molecule has 0 saturated carbocycles. The van der Waals surface area contributed by atoms with E-state index in [1.54, 1.807) is 0 Å². The molecule has 0 aliphatic heterocycles. The van der Waals surface area contributed by atoms with E-state index in [1.807, 2.05) is 30.6 Å². The minimum atomic E-state index is -2.11. The van der Waals surface area contributed by atoms with Crippen molar-refractivity contribution in [2.75, 3.05) is 19.1 Å². The minimum absolute atomic E-state index is 0.267. The first-order valence-electron chi connectivity index (χ1n) is 12.3. The van der Waals surface area contributed by atoms with Gasteiger partial charge in [-0.3, -0.25) is 4.98 Å². The summed E-state index contributed by atoms with van der Waals surface area (Å²) in [5.41, 5.74) is 5.25. The summed E-state index contributed by atoms with van der Waals surface area (Å²) in [6, 6.07) is 6.06. The number of hydrogen-bond donors (Lipinski definition) is 1. The first kappa shape index (κ1) is 25.9. The Bertz CT molecular complexity index is 1130. The summed E-state index contributed by atoms with van der Waals surface area (Å²) >= 11 is 0. The van der Waals surface area contributed by atoms with Gasteiger partial charge in [0, 0.05) is 31.0 Å². The van der Waals surface area contributed by atoms with Crippen molar-refractivity contribution in [2.45, 2.75) is 78.1 Å². The summed E-state index contributed by atoms with van der Waals surface area (Å²) < 4.78 is 5.11. The summed E-state index contributed by atoms with van der Waals surface area (Å²) in [7, 11) is 1.39. The van der Waals surface area contributed by atoms with Gasteiger partial charge in [-0.05, 0) is 54.2 Å². The van der Waals surface area contributed by atoms with Crippen LogP contribution in [0.1, 0.15) is 65.7 Å². The molecule has 2 heterocycles. The molecule has 0 bridgehead atoms. The van der Waals surface area contributed by atoms with Crippen LogP contribution in [0.4, 0.5) is 5.82 Å². The fraction of sp³-hybridized carbons (Fsp3) is 0.519. The number of methoxy groups -OCH3 is 1. The fourth-order valence-corrected chi connectivity index (χ4v) is 12.3. The third-order valence-corrected chi connectivity index (χ3v) is 14.4. The van der Waals surface area contributed by atoms with Crippen molar-refractivity contribution in [1.29, 1.82) is 0 Å². The summed E-state index contributed by atoms with van der Waals surface area (Å²) in [6.45, 7) is 18.4. The molecule has 34 heavy (non-hydrogen) atoms. The molecule has 0 aliphatic carbocycles. The predicted octanol–water partition coefficient (Wildman–Crippen LogP) is 6.14. The van der Waals surface area contributed by atoms with Gasteiger partial charge < -0.3 is 14.6 Å². The lowest BCUT2D eigenvalue weighted by molar-refractivity contribution is 0.0602. The zero-order valence-corrected chi connectivity index (χ0v) is 23.4. The van der Waals surface area contributed by atoms with E-state index in [0.717, 1.165) is 22.5 Å². The quantitative estimate of drug-likeness (QED) is 0.310. The third-order valence-electron chi connectivity index (χ3n) is 7.48. The molecule has 1 aromatic carbocycles. The molecular formula is C27H40N4O2Si. The number of anilines is 1. The molecule has 6 nitrogen and oxygen atoms in total. The van der Waals surface area contributed by atoms with Gasteiger partial charge >= 0.3 is 5.97 Å². The number of carbonyl (C=O) groups excluding carboxylic acids is 1. The van der Waals surface area contributed by atoms with Gasteiger partial charge in [0.2, 0.25) is 0 Å². The highest BCUT2D eigenvalue weighted by molar-refractivity contribution is 6.95. The molecule has 0 fully saturated rings. The number of hydrogen-bond acceptors (Lipinski definition) is 5. The molecule has 0 aliphatic rings. The van der Waals surface area contributed by atoms with Crippen LogP contribution in [0.25, 0.3) is 22.2 Å². The smallest absolute Gasteiger partial charge is 0.338 e. The lowest BCUT2D eigenvalue weighted by Crippen LogP contribution is -2.59. The number of rotatable bonds is 8. The molecule has 1 N–H and O–H groups in total. The van der Waals surface area contributed by atoms with Crippen LogP contribution in [0.5, 0.6) is 0 Å². The topological polar surface area (TPSA) is 71.1 Å². The van der Waals surface area contributed by atoms with Gasteiger partial charge in [0.05, 0.1) is 29.0 Å². The number of benzene rings is 1. The first-order valence-corrected chi connectivity index (χ1v) is 14.5. The molecule has 3 aromatic rings. The summed E-state index contributed by atoms with van der Waals surface area (Å²) in [5, 5.41) is 1.17. The summed E-state index contributed by atoms with van der Waals surface area (Å²) in [5.74, 6) is 0.563. The molecule has 3 rings (SSSR count). The number of esters is 1. The van der Waals surface area contributed by atoms with Gasteiger partial charge in [0.1, 0.15) is 13.9 Å². The summed E-state index contributed by atoms with van der Waals surface area (Å²) in [6.07, 6.45) is 3.74. The SMILES string of the molecule is COC(=O)c1cc2nc(N(C)C(C)C)c([Si](C(C)C)(C(C)C)C(C)C)nc2cc1-c1cc[nH]c1. The number of ether oxygens (including phenoxy) is 1. The van der Waals surface area contributed by atoms with E-state index < -0.39 is 8.07 Å². The zero-order valence-electron chi connectivity index (χ0n) is 22.4. The van der Waals surface area contributed by atoms with Gasteiger partial charge in [0.25, 0.3) is 0 Å². The van der Waals surface area contributed by atoms with Crippen molar-refractivity contribution in [3.05, 3.63) is 36.2 Å². The number of carbonyl (C=O) groups is 1. The van der Waals surface area contributed by atoms with Crippen LogP contribution in [0.3, 0.4) is 0 Å². The van der Waals surface area contributed by atoms with E-state index in [1.165, 1.54) is 12.4 Å². The molecule has 0 atom stereocenters. The second-order valence-corrected chi connectivity index (χ2v) is 16.3. The van der Waals surface area contributed by atoms with Gasteiger partial charge in [-0.1, -0.05) is 41.5 Å². The van der Waals surface area contributed by atoms with Crippen LogP contribution in [0, 0.1) is 0 Å². The molecule has 0 radical (unpaired) electrons. The maximum absolute atomic E-state index is 12.7. The Morgan fingerprint density at radius 3 is 2.03 bits per heavy atom. The second kappa shape index (κ2) is 9.90. The van der Waals surface area contributed by atoms with E-state index in [2.05, 4.69) is 72.3 Å². The maximum Gasteiger partial charge on any atom is 0.338 e. The van der Waals surface area contributed by atoms with Crippen molar-refractivity contribution in [3.63, 3.8) is 0 Å². The number of H-pyrrole nitrogens is 1. The van der Waals surface area contributed by atoms with Gasteiger partial charge in [-0.2, -0.15) is 0 Å². The van der Waals surface area contributed by atoms with Crippen molar-refractivity contribution in [3.8, 4) is 11.1 Å². The second-order valence-electron chi connectivity index (χ2n) is 10.5. The Morgan fingerprint density at radius 1 is 0.971 bits per heavy atom. The summed E-state index contributed by atoms with van der Waals surface area (Å²) in [4.78, 5) is 28.6. The van der Waals surface area contributed by atoms with Crippen molar-refractivity contribution >= 4 is 36.2 Å². The molecule has 7 heteroatoms. The Hall–Kier alpha value is -2.67. The number of aromatic amines is 1. The highest BCUT2D eigenvalue weighted by Crippen LogP contribution is 2.42. The van der Waals surface area contributed by atoms with E-state index in [9.17, 15) is 4.79 Å². The predicted molar refractivity (Wildman–Crippen MR) is 145 cm³/mol. The normalized spacial score (nSPS) is 12.4. The molecule has 0 saturated heterocycles. The average Bonchev–Trinajstić information content (AvgIpc) is 3.31. The monoisotopic (exact) mass is 480 g/mol. The van der Waals surface area contributed by atoms with Crippen molar-refractivity contribution in [2.24, 2.45) is 0 Å². The Balaban J connectivity index is 2.47. The van der Waals surface area contributed by atoms with Gasteiger partial charge in [-0.25, -0.2) is 9.78 Å². The largest absolute Gasteiger partial charge is 0.465 e. The molecule has 2 aromatic heterocycles. The standard InChI is InChI=1S/C27H40N4O2Si/c1-16(2)31(9)25-26(34(17(3)4,18(5)6)19(7)8)30-24-13-21(20-11-12-28-15-20)22(27(32)33-10)14-23(24)29-25/h11-19,28H,1-10H3. The minimum Gasteiger partial charge on any atom is -0.465 e. The molecule has 0 unspecified atom stereocenters. The van der Waals surface area contributed by atoms with Crippen LogP contribution in [0.2, 0.25) is 16.6 Å². The van der Waals surface area contributed by atoms with Crippen LogP contribution in [0.15, 0.2) is 30.6 Å². The average molecular weight is 481 g/mol. The van der Waals surface area contributed by atoms with Crippen LogP contribution in [-0.2, 0) is 4.74 Å². The van der Waals surface area contributed by atoms with Gasteiger partial charge in [-0.15, -0.1) is 0 Å². The number of fused-ring (bicyclic) bond motifs is 1. The Kier molecular flexibility index (Phi) is 7.55. The molecule has 184 valence electrons. The van der Waals surface area contributed by atoms with Crippen molar-refractivity contribution < 1.29 is 9.53 Å². The highest BCUT2D eigenvalue weighted by Gasteiger charge is 2.48. The van der Waals surface area contributed by atoms with E-state index in [-0.39, 0.29) is 12.0 Å². The Labute approximate surface area is 205 Å². The maximum atomic E-state index is 12.7. The van der Waals surface area contributed by atoms with E-state index in [4.69, 9.17) is 14.7 Å². The van der Waals surface area contributed by atoms with Gasteiger partial charge in [0.15, 0.2) is 0 Å². The molecular weight excluding hydrogens is 440 g/mol. The van der Waals surface area contributed by atoms with E-state index in [0.29, 0.717) is 27.7 Å². The van der Waals surface area contributed by atoms with Crippen LogP contribution >= 0.6 is 0 Å². The number of nitrogens with one attached hydrogen (secondary N) is 1. The van der Waals surface area contributed by atoms with Crippen LogP contribution in [-0.4, -0.2) is 49.2 Å². The zero-order chi connectivity index (χ0) is 25.4. The fourth-order valence-electron chi connectivity index (χ4n) is 5.70. The lowest BCUT2D eigenvalue weighted by Gasteiger charge is -2.44. The van der Waals surface area contributed by atoms with Crippen molar-refractivity contribution in [1.82, 2.24) is 15.0 Å². The molecule has 0 amide bonds. The van der Waals surface area contributed by atoms with Crippen LogP contribution < -0.4 is 10.2 Å². The van der Waals surface area contributed by atoms with E-state index >= 15 is 0 Å². The Morgan fingerprint density at radius 2 is 1.56 bits per heavy atom.